The summed E-state index contributed by atoms with van der Waals surface area (Å²) in [5.74, 6) is 0.426. The summed E-state index contributed by atoms with van der Waals surface area (Å²) in [5.41, 5.74) is 0. The number of hydrogen-bond acceptors (Lipinski definition) is 4. The fraction of sp³-hybridized carbons (Fsp3) is 0.429. The molecule has 0 saturated carbocycles. The number of imide groups is 1. The minimum Gasteiger partial charge on any atom is -0.492 e. The van der Waals surface area contributed by atoms with E-state index in [1.165, 1.54) is 7.05 Å². The number of carbonyl (C=O) groups is 2. The summed E-state index contributed by atoms with van der Waals surface area (Å²) in [6.45, 7) is 2.76. The Morgan fingerprint density at radius 2 is 1.95 bits per heavy atom. The molecule has 3 amide bonds. The first-order chi connectivity index (χ1) is 9.93. The van der Waals surface area contributed by atoms with E-state index in [9.17, 15) is 9.59 Å². The predicted molar refractivity (Wildman–Crippen MR) is 84.3 cm³/mol. The largest absolute Gasteiger partial charge is 0.492 e. The minimum absolute atomic E-state index is 0.347. The van der Waals surface area contributed by atoms with Crippen molar-refractivity contribution in [3.05, 3.63) is 28.7 Å². The van der Waals surface area contributed by atoms with E-state index in [1.54, 1.807) is 14.0 Å². The summed E-state index contributed by atoms with van der Waals surface area (Å²) in [7, 11) is 3.27. The van der Waals surface area contributed by atoms with Crippen LogP contribution in [-0.2, 0) is 4.79 Å². The molecule has 0 fully saturated rings. The van der Waals surface area contributed by atoms with E-state index in [2.05, 4.69) is 26.6 Å². The standard InChI is InChI=1S/C14H20BrN3O3/c1-10(13(19)17-14(20)16-2)18(3)8-9-21-12-6-4-11(15)5-7-12/h4-7,10H,8-9H2,1-3H3,(H2,16,17,19,20)/t10-/m1/s1. The SMILES string of the molecule is CNC(=O)NC(=O)[C@@H](C)N(C)CCOc1ccc(Br)cc1. The van der Waals surface area contributed by atoms with Gasteiger partial charge in [0.25, 0.3) is 0 Å². The monoisotopic (exact) mass is 357 g/mol. The second-order valence-electron chi connectivity index (χ2n) is 4.53. The Balaban J connectivity index is 2.35. The van der Waals surface area contributed by atoms with Crippen LogP contribution in [0, 0.1) is 0 Å². The lowest BCUT2D eigenvalue weighted by molar-refractivity contribution is -0.124. The van der Waals surface area contributed by atoms with Gasteiger partial charge in [0.1, 0.15) is 12.4 Å². The highest BCUT2D eigenvalue weighted by Crippen LogP contribution is 2.15. The van der Waals surface area contributed by atoms with Gasteiger partial charge < -0.3 is 10.1 Å². The summed E-state index contributed by atoms with van der Waals surface area (Å²) in [4.78, 5) is 24.7. The lowest BCUT2D eigenvalue weighted by Crippen LogP contribution is -2.48. The summed E-state index contributed by atoms with van der Waals surface area (Å²) >= 11 is 3.36. The number of nitrogens with zero attached hydrogens (tertiary/aromatic N) is 1. The lowest BCUT2D eigenvalue weighted by atomic mass is 10.3. The Hall–Kier alpha value is -1.60. The van der Waals surface area contributed by atoms with Crippen LogP contribution in [0.25, 0.3) is 0 Å². The van der Waals surface area contributed by atoms with Crippen molar-refractivity contribution in [2.45, 2.75) is 13.0 Å². The van der Waals surface area contributed by atoms with Crippen LogP contribution in [0.5, 0.6) is 5.75 Å². The first-order valence-electron chi connectivity index (χ1n) is 6.55. The van der Waals surface area contributed by atoms with E-state index >= 15 is 0 Å². The van der Waals surface area contributed by atoms with Crippen molar-refractivity contribution >= 4 is 27.9 Å². The number of benzene rings is 1. The third-order valence-corrected chi connectivity index (χ3v) is 3.56. The molecule has 0 radical (unpaired) electrons. The maximum absolute atomic E-state index is 11.8. The first-order valence-corrected chi connectivity index (χ1v) is 7.34. The van der Waals surface area contributed by atoms with Crippen molar-refractivity contribution in [2.75, 3.05) is 27.2 Å². The maximum atomic E-state index is 11.8. The molecule has 0 bridgehead atoms. The summed E-state index contributed by atoms with van der Waals surface area (Å²) in [5, 5.41) is 4.59. The highest BCUT2D eigenvalue weighted by atomic mass is 79.9. The van der Waals surface area contributed by atoms with Crippen LogP contribution in [0.4, 0.5) is 4.79 Å². The number of hydrogen-bond donors (Lipinski definition) is 2. The summed E-state index contributed by atoms with van der Waals surface area (Å²) < 4.78 is 6.58. The molecule has 0 unspecified atom stereocenters. The Bertz CT molecular complexity index is 479. The van der Waals surface area contributed by atoms with Gasteiger partial charge in [0.05, 0.1) is 6.04 Å². The Morgan fingerprint density at radius 1 is 1.33 bits per heavy atom. The molecule has 1 rings (SSSR count). The number of carbonyl (C=O) groups excluding carboxylic acids is 2. The number of urea groups is 1. The van der Waals surface area contributed by atoms with E-state index in [-0.39, 0.29) is 5.91 Å². The summed E-state index contributed by atoms with van der Waals surface area (Å²) in [6, 6.07) is 6.61. The van der Waals surface area contributed by atoms with Crippen LogP contribution < -0.4 is 15.4 Å². The van der Waals surface area contributed by atoms with Crippen LogP contribution >= 0.6 is 15.9 Å². The molecular weight excluding hydrogens is 338 g/mol. The van der Waals surface area contributed by atoms with Crippen LogP contribution in [-0.4, -0.2) is 50.1 Å². The van der Waals surface area contributed by atoms with Crippen LogP contribution in [0.3, 0.4) is 0 Å². The summed E-state index contributed by atoms with van der Waals surface area (Å²) in [6.07, 6.45) is 0. The zero-order valence-corrected chi connectivity index (χ0v) is 13.9. The molecule has 6 nitrogen and oxygen atoms in total. The van der Waals surface area contributed by atoms with E-state index in [4.69, 9.17) is 4.74 Å². The van der Waals surface area contributed by atoms with Crippen LogP contribution in [0.1, 0.15) is 6.92 Å². The van der Waals surface area contributed by atoms with Crippen molar-refractivity contribution in [1.82, 2.24) is 15.5 Å². The predicted octanol–water partition coefficient (Wildman–Crippen LogP) is 1.60. The van der Waals surface area contributed by atoms with Crippen LogP contribution in [0.15, 0.2) is 28.7 Å². The minimum atomic E-state index is -0.508. The topological polar surface area (TPSA) is 70.7 Å². The molecule has 1 aromatic rings. The third kappa shape index (κ3) is 6.14. The van der Waals surface area contributed by atoms with Crippen molar-refractivity contribution < 1.29 is 14.3 Å². The number of ether oxygens (including phenoxy) is 1. The van der Waals surface area contributed by atoms with Crippen LogP contribution in [0.2, 0.25) is 0 Å². The fourth-order valence-corrected chi connectivity index (χ4v) is 1.78. The average Bonchev–Trinajstić information content (AvgIpc) is 2.48. The molecule has 0 spiro atoms. The molecule has 1 aromatic carbocycles. The van der Waals surface area contributed by atoms with Gasteiger partial charge in [-0.3, -0.25) is 15.0 Å². The highest BCUT2D eigenvalue weighted by Gasteiger charge is 2.19. The number of rotatable bonds is 6. The molecule has 0 saturated heterocycles. The van der Waals surface area contributed by atoms with E-state index < -0.39 is 12.1 Å². The number of nitrogens with one attached hydrogen (secondary N) is 2. The highest BCUT2D eigenvalue weighted by molar-refractivity contribution is 9.10. The molecule has 21 heavy (non-hydrogen) atoms. The van der Waals surface area contributed by atoms with Gasteiger partial charge in [0, 0.05) is 18.1 Å². The second kappa shape index (κ2) is 8.63. The first kappa shape index (κ1) is 17.5. The van der Waals surface area contributed by atoms with Gasteiger partial charge in [-0.15, -0.1) is 0 Å². The normalized spacial score (nSPS) is 11.9. The molecule has 0 aliphatic rings. The number of likely N-dealkylation sites (N-methyl/N-ethyl adjacent to an activating group) is 1. The second-order valence-corrected chi connectivity index (χ2v) is 5.44. The average molecular weight is 358 g/mol. The quantitative estimate of drug-likeness (QED) is 0.811. The van der Waals surface area contributed by atoms with Gasteiger partial charge in [-0.25, -0.2) is 4.79 Å². The van der Waals surface area contributed by atoms with Gasteiger partial charge >= 0.3 is 6.03 Å². The Morgan fingerprint density at radius 3 is 2.52 bits per heavy atom. The Labute approximate surface area is 133 Å². The molecule has 0 heterocycles. The van der Waals surface area contributed by atoms with E-state index in [0.29, 0.717) is 13.2 Å². The van der Waals surface area contributed by atoms with Crippen molar-refractivity contribution in [3.63, 3.8) is 0 Å². The van der Waals surface area contributed by atoms with Crippen molar-refractivity contribution in [1.29, 1.82) is 0 Å². The maximum Gasteiger partial charge on any atom is 0.321 e. The zero-order valence-electron chi connectivity index (χ0n) is 12.4. The van der Waals surface area contributed by atoms with Gasteiger partial charge in [0.15, 0.2) is 0 Å². The fourth-order valence-electron chi connectivity index (χ4n) is 1.51. The van der Waals surface area contributed by atoms with Crippen molar-refractivity contribution in [2.24, 2.45) is 0 Å². The van der Waals surface area contributed by atoms with Gasteiger partial charge in [-0.2, -0.15) is 0 Å². The van der Waals surface area contributed by atoms with Gasteiger partial charge in [-0.05, 0) is 38.2 Å². The molecular formula is C14H20BrN3O3. The van der Waals surface area contributed by atoms with Crippen molar-refractivity contribution in [3.8, 4) is 5.75 Å². The third-order valence-electron chi connectivity index (χ3n) is 3.03. The number of halogens is 1. The Kier molecular flexibility index (Phi) is 7.18. The molecule has 1 atom stereocenters. The number of amides is 3. The van der Waals surface area contributed by atoms with E-state index in [1.807, 2.05) is 29.2 Å². The van der Waals surface area contributed by atoms with Gasteiger partial charge in [-0.1, -0.05) is 15.9 Å². The van der Waals surface area contributed by atoms with Gasteiger partial charge in [0.2, 0.25) is 5.91 Å². The lowest BCUT2D eigenvalue weighted by Gasteiger charge is -2.23. The molecule has 0 aromatic heterocycles. The molecule has 2 N–H and O–H groups in total. The molecule has 116 valence electrons. The molecule has 0 aliphatic heterocycles. The molecule has 7 heteroatoms. The van der Waals surface area contributed by atoms with E-state index in [0.717, 1.165) is 10.2 Å². The molecule has 0 aliphatic carbocycles. The smallest absolute Gasteiger partial charge is 0.321 e. The zero-order chi connectivity index (χ0) is 15.8.